The lowest BCUT2D eigenvalue weighted by atomic mass is 10.1. The highest BCUT2D eigenvalue weighted by Gasteiger charge is 2.20. The van der Waals surface area contributed by atoms with E-state index in [-0.39, 0.29) is 0 Å². The molecule has 0 saturated carbocycles. The summed E-state index contributed by atoms with van der Waals surface area (Å²) < 4.78 is 28.0. The number of benzene rings is 2. The highest BCUT2D eigenvalue weighted by Crippen LogP contribution is 2.26. The van der Waals surface area contributed by atoms with Crippen molar-refractivity contribution in [3.05, 3.63) is 66.4 Å². The van der Waals surface area contributed by atoms with E-state index in [0.29, 0.717) is 4.90 Å². The average Bonchev–Trinajstić information content (AvgIpc) is 2.88. The fourth-order valence-electron chi connectivity index (χ4n) is 2.42. The van der Waals surface area contributed by atoms with Crippen LogP contribution < -0.4 is 0 Å². The second kappa shape index (κ2) is 5.81. The van der Waals surface area contributed by atoms with E-state index in [4.69, 9.17) is 0 Å². The number of nitrogens with zero attached hydrogens (tertiary/aromatic N) is 1. The summed E-state index contributed by atoms with van der Waals surface area (Å²) in [5, 5.41) is 1.01. The summed E-state index contributed by atoms with van der Waals surface area (Å²) in [6, 6.07) is 16.2. The number of halogens is 1. The summed E-state index contributed by atoms with van der Waals surface area (Å²) in [6.07, 6.45) is 2.62. The van der Waals surface area contributed by atoms with E-state index in [9.17, 15) is 8.42 Å². The van der Waals surface area contributed by atoms with Gasteiger partial charge in [0.05, 0.1) is 10.4 Å². The Labute approximate surface area is 137 Å². The van der Waals surface area contributed by atoms with Crippen LogP contribution in [0.3, 0.4) is 0 Å². The van der Waals surface area contributed by atoms with Gasteiger partial charge in [-0.1, -0.05) is 59.0 Å². The van der Waals surface area contributed by atoms with Gasteiger partial charge in [-0.25, -0.2) is 12.4 Å². The molecule has 21 heavy (non-hydrogen) atoms. The maximum atomic E-state index is 12.8. The quantitative estimate of drug-likeness (QED) is 0.483. The Bertz CT molecular complexity index is 870. The van der Waals surface area contributed by atoms with Crippen molar-refractivity contribution in [2.24, 2.45) is 0 Å². The zero-order valence-corrected chi connectivity index (χ0v) is 14.2. The average molecular weight is 411 g/mol. The fraction of sp³-hybridized carbons (Fsp3) is 0.125. The molecule has 0 aliphatic rings. The van der Waals surface area contributed by atoms with Crippen molar-refractivity contribution >= 4 is 43.5 Å². The molecule has 2 aromatic carbocycles. The van der Waals surface area contributed by atoms with E-state index in [1.807, 2.05) is 30.3 Å². The molecule has 0 N–H and O–H groups in total. The molecule has 0 saturated heterocycles. The summed E-state index contributed by atoms with van der Waals surface area (Å²) >= 11 is 2.31. The summed E-state index contributed by atoms with van der Waals surface area (Å²) in [7, 11) is -3.55. The smallest absolute Gasteiger partial charge is 0.241 e. The molecule has 3 nitrogen and oxygen atoms in total. The van der Waals surface area contributed by atoms with E-state index in [1.165, 1.54) is 3.97 Å². The third-order valence-corrected chi connectivity index (χ3v) is 5.65. The van der Waals surface area contributed by atoms with Crippen LogP contribution in [-0.4, -0.2) is 16.8 Å². The lowest BCUT2D eigenvalue weighted by Crippen LogP contribution is -2.11. The molecule has 0 aliphatic heterocycles. The Hall–Kier alpha value is -1.34. The molecule has 0 bridgehead atoms. The van der Waals surface area contributed by atoms with Gasteiger partial charge in [-0.2, -0.15) is 0 Å². The van der Waals surface area contributed by atoms with Gasteiger partial charge in [0.1, 0.15) is 0 Å². The first-order chi connectivity index (χ1) is 10.1. The summed E-state index contributed by atoms with van der Waals surface area (Å²) in [6.45, 7) is 0. The topological polar surface area (TPSA) is 39.1 Å². The minimum Gasteiger partial charge on any atom is -0.241 e. The van der Waals surface area contributed by atoms with Gasteiger partial charge in [0.15, 0.2) is 0 Å². The van der Waals surface area contributed by atoms with Gasteiger partial charge in [-0.3, -0.25) is 0 Å². The minimum absolute atomic E-state index is 0.312. The first-order valence-electron chi connectivity index (χ1n) is 6.60. The molecule has 3 rings (SSSR count). The highest BCUT2D eigenvalue weighted by molar-refractivity contribution is 14.1. The van der Waals surface area contributed by atoms with Crippen molar-refractivity contribution < 1.29 is 8.42 Å². The molecule has 0 unspecified atom stereocenters. The molecule has 1 heterocycles. The van der Waals surface area contributed by atoms with Crippen LogP contribution in [0.1, 0.15) is 5.56 Å². The Morgan fingerprint density at radius 2 is 1.62 bits per heavy atom. The largest absolute Gasteiger partial charge is 0.268 e. The normalized spacial score (nSPS) is 11.9. The Kier molecular flexibility index (Phi) is 4.03. The predicted molar refractivity (Wildman–Crippen MR) is 93.6 cm³/mol. The summed E-state index contributed by atoms with van der Waals surface area (Å²) in [4.78, 5) is 0.312. The van der Waals surface area contributed by atoms with Crippen molar-refractivity contribution in [1.82, 2.24) is 3.97 Å². The minimum atomic E-state index is -3.55. The molecule has 0 radical (unpaired) electrons. The zero-order chi connectivity index (χ0) is 14.9. The molecular formula is C16H14INO2S. The monoisotopic (exact) mass is 411 g/mol. The maximum Gasteiger partial charge on any atom is 0.268 e. The number of para-hydroxylation sites is 1. The van der Waals surface area contributed by atoms with E-state index >= 15 is 0 Å². The Morgan fingerprint density at radius 1 is 0.952 bits per heavy atom. The van der Waals surface area contributed by atoms with E-state index in [2.05, 4.69) is 22.6 Å². The number of rotatable bonds is 4. The second-order valence-electron chi connectivity index (χ2n) is 4.72. The number of alkyl halides is 1. The number of hydrogen-bond donors (Lipinski definition) is 0. The Balaban J connectivity index is 2.26. The van der Waals surface area contributed by atoms with Gasteiger partial charge < -0.3 is 0 Å². The third-order valence-electron chi connectivity index (χ3n) is 3.42. The fourth-order valence-corrected chi connectivity index (χ4v) is 4.42. The number of fused-ring (bicyclic) bond motifs is 1. The van der Waals surface area contributed by atoms with Gasteiger partial charge in [0.25, 0.3) is 10.0 Å². The Morgan fingerprint density at radius 3 is 2.33 bits per heavy atom. The van der Waals surface area contributed by atoms with E-state index in [1.54, 1.807) is 30.5 Å². The highest BCUT2D eigenvalue weighted by atomic mass is 127. The van der Waals surface area contributed by atoms with Crippen LogP contribution in [0.15, 0.2) is 65.7 Å². The van der Waals surface area contributed by atoms with E-state index in [0.717, 1.165) is 27.3 Å². The standard InChI is InChI=1S/C16H14INO2S/c17-11-10-13-12-18(16-9-5-4-8-15(13)16)21(19,20)14-6-2-1-3-7-14/h1-9,12H,10-11H2. The van der Waals surface area contributed by atoms with Crippen LogP contribution >= 0.6 is 22.6 Å². The van der Waals surface area contributed by atoms with Gasteiger partial charge in [-0.15, -0.1) is 0 Å². The first kappa shape index (κ1) is 14.6. The molecule has 0 amide bonds. The van der Waals surface area contributed by atoms with Crippen molar-refractivity contribution in [1.29, 1.82) is 0 Å². The molecule has 1 aromatic heterocycles. The number of aryl methyl sites for hydroxylation is 1. The third kappa shape index (κ3) is 2.60. The van der Waals surface area contributed by atoms with Gasteiger partial charge in [0, 0.05) is 16.0 Å². The van der Waals surface area contributed by atoms with Crippen LogP contribution in [0.2, 0.25) is 0 Å². The van der Waals surface area contributed by atoms with Crippen LogP contribution in [0.5, 0.6) is 0 Å². The number of hydrogen-bond acceptors (Lipinski definition) is 2. The van der Waals surface area contributed by atoms with Crippen LogP contribution in [0.4, 0.5) is 0 Å². The second-order valence-corrected chi connectivity index (χ2v) is 7.62. The number of aromatic nitrogens is 1. The molecule has 0 spiro atoms. The SMILES string of the molecule is O=S(=O)(c1ccccc1)n1cc(CCI)c2ccccc21. The maximum absolute atomic E-state index is 12.8. The van der Waals surface area contributed by atoms with Crippen molar-refractivity contribution in [2.45, 2.75) is 11.3 Å². The lowest BCUT2D eigenvalue weighted by Gasteiger charge is -2.07. The lowest BCUT2D eigenvalue weighted by molar-refractivity contribution is 0.589. The van der Waals surface area contributed by atoms with Gasteiger partial charge >= 0.3 is 0 Å². The first-order valence-corrected chi connectivity index (χ1v) is 9.57. The molecule has 108 valence electrons. The molecular weight excluding hydrogens is 397 g/mol. The van der Waals surface area contributed by atoms with Crippen molar-refractivity contribution in [3.63, 3.8) is 0 Å². The molecule has 0 fully saturated rings. The van der Waals surface area contributed by atoms with Crippen LogP contribution in [0.25, 0.3) is 10.9 Å². The van der Waals surface area contributed by atoms with Crippen LogP contribution in [-0.2, 0) is 16.4 Å². The molecule has 5 heteroatoms. The van der Waals surface area contributed by atoms with Crippen molar-refractivity contribution in [3.8, 4) is 0 Å². The molecule has 3 aromatic rings. The predicted octanol–water partition coefficient (Wildman–Crippen LogP) is 3.86. The van der Waals surface area contributed by atoms with Gasteiger partial charge in [-0.05, 0) is 30.2 Å². The summed E-state index contributed by atoms with van der Waals surface area (Å²) in [5.74, 6) is 0. The molecule has 0 atom stereocenters. The van der Waals surface area contributed by atoms with Crippen molar-refractivity contribution in [2.75, 3.05) is 4.43 Å². The zero-order valence-electron chi connectivity index (χ0n) is 11.2. The van der Waals surface area contributed by atoms with Gasteiger partial charge in [0.2, 0.25) is 0 Å². The van der Waals surface area contributed by atoms with Crippen LogP contribution in [0, 0.1) is 0 Å². The van der Waals surface area contributed by atoms with E-state index < -0.39 is 10.0 Å². The summed E-state index contributed by atoms with van der Waals surface area (Å²) in [5.41, 5.74) is 1.81. The molecule has 0 aliphatic carbocycles.